The molecule has 0 heterocycles. The quantitative estimate of drug-likeness (QED) is 0.387. The van der Waals surface area contributed by atoms with Crippen molar-refractivity contribution in [1.29, 1.82) is 0 Å². The van der Waals surface area contributed by atoms with Crippen LogP contribution in [0.3, 0.4) is 0 Å². The monoisotopic (exact) mass is 413 g/mol. The van der Waals surface area contributed by atoms with Crippen molar-refractivity contribution in [2.24, 2.45) is 17.8 Å². The zero-order valence-corrected chi connectivity index (χ0v) is 15.7. The molecule has 0 amide bonds. The topological polar surface area (TPSA) is 95.7 Å². The second-order valence-electron chi connectivity index (χ2n) is 6.27. The standard InChI is InChI=1S/C17H20BrNO6/c1-10-5-15(20)12(13(10)8-19(22)23)7-17(21)25-9-11-3-4-16(24-2)14(18)6-11/h3-4,6,10,12-13H,5,7-9H2,1-2H3/t10-,12+,13+/m0/s1. The number of carbonyl (C=O) groups excluding carboxylic acids is 2. The van der Waals surface area contributed by atoms with Gasteiger partial charge in [0, 0.05) is 23.2 Å². The van der Waals surface area contributed by atoms with E-state index in [2.05, 4.69) is 15.9 Å². The van der Waals surface area contributed by atoms with E-state index in [-0.39, 0.29) is 37.7 Å². The highest BCUT2D eigenvalue weighted by molar-refractivity contribution is 9.10. The molecule has 1 aliphatic carbocycles. The Bertz CT molecular complexity index is 677. The second kappa shape index (κ2) is 8.42. The number of methoxy groups -OCH3 is 1. The lowest BCUT2D eigenvalue weighted by Gasteiger charge is -2.17. The molecule has 1 aromatic carbocycles. The first-order chi connectivity index (χ1) is 11.8. The van der Waals surface area contributed by atoms with Crippen LogP contribution in [0.15, 0.2) is 22.7 Å². The Balaban J connectivity index is 1.93. The number of nitrogens with zero attached hydrogens (tertiary/aromatic N) is 1. The molecule has 1 saturated carbocycles. The SMILES string of the molecule is COc1ccc(COC(=O)C[C@H]2C(=O)C[C@H](C)[C@H]2C[N+](=O)[O-])cc1Br. The summed E-state index contributed by atoms with van der Waals surface area (Å²) in [6, 6.07) is 5.31. The summed E-state index contributed by atoms with van der Waals surface area (Å²) >= 11 is 3.36. The van der Waals surface area contributed by atoms with E-state index < -0.39 is 22.7 Å². The molecule has 0 aliphatic heterocycles. The summed E-state index contributed by atoms with van der Waals surface area (Å²) in [7, 11) is 1.56. The molecule has 8 heteroatoms. The van der Waals surface area contributed by atoms with Gasteiger partial charge >= 0.3 is 5.97 Å². The Morgan fingerprint density at radius 2 is 2.16 bits per heavy atom. The predicted octanol–water partition coefficient (Wildman–Crippen LogP) is 3.01. The van der Waals surface area contributed by atoms with Crippen molar-refractivity contribution in [2.75, 3.05) is 13.7 Å². The van der Waals surface area contributed by atoms with Crippen LogP contribution >= 0.6 is 15.9 Å². The minimum atomic E-state index is -0.629. The van der Waals surface area contributed by atoms with Gasteiger partial charge in [0.1, 0.15) is 18.1 Å². The molecule has 0 bridgehead atoms. The van der Waals surface area contributed by atoms with Crippen molar-refractivity contribution in [3.8, 4) is 5.75 Å². The van der Waals surface area contributed by atoms with Crippen LogP contribution < -0.4 is 4.74 Å². The third-order valence-corrected chi connectivity index (χ3v) is 5.17. The van der Waals surface area contributed by atoms with Crippen molar-refractivity contribution < 1.29 is 24.0 Å². The average molecular weight is 414 g/mol. The molecule has 136 valence electrons. The lowest BCUT2D eigenvalue weighted by atomic mass is 9.88. The first-order valence-electron chi connectivity index (χ1n) is 7.94. The van der Waals surface area contributed by atoms with Crippen LogP contribution in [0.1, 0.15) is 25.3 Å². The Kier molecular flexibility index (Phi) is 6.52. The zero-order chi connectivity index (χ0) is 18.6. The van der Waals surface area contributed by atoms with E-state index in [1.165, 1.54) is 0 Å². The highest BCUT2D eigenvalue weighted by atomic mass is 79.9. The van der Waals surface area contributed by atoms with Gasteiger partial charge < -0.3 is 9.47 Å². The highest BCUT2D eigenvalue weighted by Crippen LogP contribution is 2.36. The minimum Gasteiger partial charge on any atom is -0.496 e. The van der Waals surface area contributed by atoms with Gasteiger partial charge in [0.15, 0.2) is 0 Å². The number of halogens is 1. The molecule has 2 rings (SSSR count). The number of benzene rings is 1. The first-order valence-corrected chi connectivity index (χ1v) is 8.73. The maximum Gasteiger partial charge on any atom is 0.306 e. The molecular formula is C17H20BrNO6. The molecule has 3 atom stereocenters. The van der Waals surface area contributed by atoms with Crippen LogP contribution in [-0.4, -0.2) is 30.3 Å². The van der Waals surface area contributed by atoms with E-state index in [0.29, 0.717) is 5.75 Å². The number of hydrogen-bond acceptors (Lipinski definition) is 6. The molecule has 0 aromatic heterocycles. The molecule has 25 heavy (non-hydrogen) atoms. The van der Waals surface area contributed by atoms with Crippen molar-refractivity contribution in [3.63, 3.8) is 0 Å². The molecule has 7 nitrogen and oxygen atoms in total. The van der Waals surface area contributed by atoms with Gasteiger partial charge in [-0.2, -0.15) is 0 Å². The number of hydrogen-bond donors (Lipinski definition) is 0. The van der Waals surface area contributed by atoms with E-state index >= 15 is 0 Å². The molecular weight excluding hydrogens is 394 g/mol. The maximum absolute atomic E-state index is 12.1. The number of rotatable bonds is 7. The smallest absolute Gasteiger partial charge is 0.306 e. The number of ether oxygens (including phenoxy) is 2. The average Bonchev–Trinajstić information content (AvgIpc) is 2.79. The van der Waals surface area contributed by atoms with Crippen molar-refractivity contribution >= 4 is 27.7 Å². The minimum absolute atomic E-state index is 0.0673. The Morgan fingerprint density at radius 1 is 1.44 bits per heavy atom. The number of esters is 1. The molecule has 0 saturated heterocycles. The van der Waals surface area contributed by atoms with Gasteiger partial charge in [0.2, 0.25) is 6.54 Å². The van der Waals surface area contributed by atoms with E-state index in [9.17, 15) is 19.7 Å². The van der Waals surface area contributed by atoms with E-state index in [1.54, 1.807) is 25.3 Å². The molecule has 0 unspecified atom stereocenters. The third-order valence-electron chi connectivity index (χ3n) is 4.55. The fourth-order valence-electron chi connectivity index (χ4n) is 3.20. The van der Waals surface area contributed by atoms with Gasteiger partial charge in [0.05, 0.1) is 18.0 Å². The summed E-state index contributed by atoms with van der Waals surface area (Å²) in [5, 5.41) is 10.8. The van der Waals surface area contributed by atoms with Crippen molar-refractivity contribution in [3.05, 3.63) is 38.3 Å². The van der Waals surface area contributed by atoms with Crippen LogP contribution in [0.25, 0.3) is 0 Å². The summed E-state index contributed by atoms with van der Waals surface area (Å²) in [5.74, 6) is -1.08. The van der Waals surface area contributed by atoms with Gasteiger partial charge in [-0.25, -0.2) is 0 Å². The molecule has 0 spiro atoms. The zero-order valence-electron chi connectivity index (χ0n) is 14.1. The number of nitro groups is 1. The lowest BCUT2D eigenvalue weighted by Crippen LogP contribution is -2.27. The Labute approximate surface area is 154 Å². The Hall–Kier alpha value is -1.96. The summed E-state index contributed by atoms with van der Waals surface area (Å²) in [6.07, 6.45) is 0.168. The van der Waals surface area contributed by atoms with Gasteiger partial charge in [-0.05, 0) is 39.5 Å². The van der Waals surface area contributed by atoms with Gasteiger partial charge in [-0.15, -0.1) is 0 Å². The normalized spacial score (nSPS) is 22.7. The third kappa shape index (κ3) is 5.01. The second-order valence-corrected chi connectivity index (χ2v) is 7.12. The van der Waals surface area contributed by atoms with Crippen molar-refractivity contribution in [1.82, 2.24) is 0 Å². The number of ketones is 1. The van der Waals surface area contributed by atoms with Gasteiger partial charge in [-0.3, -0.25) is 19.7 Å². The number of carbonyl (C=O) groups is 2. The van der Waals surface area contributed by atoms with Crippen LogP contribution in [0.4, 0.5) is 0 Å². The molecule has 1 aromatic rings. The molecule has 0 N–H and O–H groups in total. The van der Waals surface area contributed by atoms with Gasteiger partial charge in [-0.1, -0.05) is 13.0 Å². The molecule has 1 aliphatic rings. The lowest BCUT2D eigenvalue weighted by molar-refractivity contribution is -0.490. The van der Waals surface area contributed by atoms with Gasteiger partial charge in [0.25, 0.3) is 0 Å². The fraction of sp³-hybridized carbons (Fsp3) is 0.529. The number of Topliss-reactive ketones (excluding diaryl/α,β-unsaturated/α-hetero) is 1. The summed E-state index contributed by atoms with van der Waals surface area (Å²) < 4.78 is 11.1. The molecule has 0 radical (unpaired) electrons. The summed E-state index contributed by atoms with van der Waals surface area (Å²) in [6.45, 7) is 1.58. The summed E-state index contributed by atoms with van der Waals surface area (Å²) in [4.78, 5) is 34.5. The van der Waals surface area contributed by atoms with Crippen LogP contribution in [-0.2, 0) is 20.9 Å². The van der Waals surface area contributed by atoms with Crippen LogP contribution in [0.5, 0.6) is 5.75 Å². The highest BCUT2D eigenvalue weighted by Gasteiger charge is 2.44. The largest absolute Gasteiger partial charge is 0.496 e. The fourth-order valence-corrected chi connectivity index (χ4v) is 3.79. The predicted molar refractivity (Wildman–Crippen MR) is 92.7 cm³/mol. The van der Waals surface area contributed by atoms with E-state index in [1.807, 2.05) is 6.92 Å². The molecule has 1 fully saturated rings. The summed E-state index contributed by atoms with van der Waals surface area (Å²) in [5.41, 5.74) is 0.772. The van der Waals surface area contributed by atoms with E-state index in [0.717, 1.165) is 10.0 Å². The van der Waals surface area contributed by atoms with Crippen LogP contribution in [0.2, 0.25) is 0 Å². The first kappa shape index (κ1) is 19.4. The van der Waals surface area contributed by atoms with Crippen LogP contribution in [0, 0.1) is 27.9 Å². The van der Waals surface area contributed by atoms with E-state index in [4.69, 9.17) is 9.47 Å². The van der Waals surface area contributed by atoms with Crippen molar-refractivity contribution in [2.45, 2.75) is 26.4 Å². The Morgan fingerprint density at radius 3 is 2.76 bits per heavy atom. The maximum atomic E-state index is 12.1.